The first kappa shape index (κ1) is 18.2. The Morgan fingerprint density at radius 2 is 1.70 bits per heavy atom. The van der Waals surface area contributed by atoms with Crippen LogP contribution in [0, 0.1) is 0 Å². The molecule has 0 aliphatic carbocycles. The van der Waals surface area contributed by atoms with Gasteiger partial charge in [0.2, 0.25) is 0 Å². The van der Waals surface area contributed by atoms with Crippen molar-refractivity contribution in [1.29, 1.82) is 0 Å². The lowest BCUT2D eigenvalue weighted by Gasteiger charge is -2.46. The molecular formula is C20H22N2O5. The first-order chi connectivity index (χ1) is 13.3. The molecule has 7 nitrogen and oxygen atoms in total. The molecule has 0 saturated carbocycles. The van der Waals surface area contributed by atoms with Crippen LogP contribution in [-0.2, 0) is 18.9 Å². The molecule has 6 atom stereocenters. The van der Waals surface area contributed by atoms with E-state index >= 15 is 0 Å². The first-order valence-electron chi connectivity index (χ1n) is 8.90. The summed E-state index contributed by atoms with van der Waals surface area (Å²) in [5.74, 6) is 0. The van der Waals surface area contributed by atoms with Crippen molar-refractivity contribution in [2.45, 2.75) is 36.9 Å². The predicted molar refractivity (Wildman–Crippen MR) is 96.4 cm³/mol. The quantitative estimate of drug-likeness (QED) is 0.837. The van der Waals surface area contributed by atoms with Gasteiger partial charge in [-0.25, -0.2) is 0 Å². The monoisotopic (exact) mass is 370 g/mol. The molecule has 2 saturated heterocycles. The van der Waals surface area contributed by atoms with E-state index in [1.54, 1.807) is 0 Å². The third kappa shape index (κ3) is 3.92. The van der Waals surface area contributed by atoms with Gasteiger partial charge in [-0.05, 0) is 12.1 Å². The van der Waals surface area contributed by atoms with Gasteiger partial charge < -0.3 is 24.1 Å². The standard InChI is InChI=1S/C20H22N2O5/c1-24-20-17(23)16(22-21-14-10-6-3-7-11-14)18-15(26-20)12-25-19(27-18)13-8-4-2-5-9-13/h2-11,15-20,23H,12H2,1H3/t15-,16-,17-,18-,19?,20+/m1/s1. The second kappa shape index (κ2) is 8.24. The van der Waals surface area contributed by atoms with E-state index in [1.165, 1.54) is 7.11 Å². The SMILES string of the molecule is CO[C@H]1O[C@@H]2COC(c3ccccc3)O[C@H]2[C@H](N=Nc2ccccc2)[C@H]1O. The number of benzene rings is 2. The van der Waals surface area contributed by atoms with Gasteiger partial charge in [0.25, 0.3) is 0 Å². The number of fused-ring (bicyclic) bond motifs is 1. The summed E-state index contributed by atoms with van der Waals surface area (Å²) in [6.45, 7) is 0.314. The molecule has 2 aromatic rings. The molecule has 0 amide bonds. The molecule has 4 rings (SSSR count). The normalized spacial score (nSPS) is 33.7. The van der Waals surface area contributed by atoms with E-state index < -0.39 is 36.9 Å². The van der Waals surface area contributed by atoms with E-state index in [1.807, 2.05) is 60.7 Å². The van der Waals surface area contributed by atoms with E-state index in [0.29, 0.717) is 12.3 Å². The van der Waals surface area contributed by atoms with Gasteiger partial charge in [-0.2, -0.15) is 10.2 Å². The van der Waals surface area contributed by atoms with Crippen LogP contribution in [0.1, 0.15) is 11.9 Å². The highest BCUT2D eigenvalue weighted by atomic mass is 16.7. The number of hydrogen-bond acceptors (Lipinski definition) is 7. The Balaban J connectivity index is 1.58. The number of aliphatic hydroxyl groups is 1. The maximum atomic E-state index is 10.7. The maximum Gasteiger partial charge on any atom is 0.185 e. The molecule has 27 heavy (non-hydrogen) atoms. The summed E-state index contributed by atoms with van der Waals surface area (Å²) in [5.41, 5.74) is 1.60. The molecule has 2 heterocycles. The highest BCUT2D eigenvalue weighted by Gasteiger charge is 2.50. The van der Waals surface area contributed by atoms with Crippen molar-refractivity contribution in [3.63, 3.8) is 0 Å². The number of aliphatic hydroxyl groups excluding tert-OH is 1. The second-order valence-corrected chi connectivity index (χ2v) is 6.49. The van der Waals surface area contributed by atoms with Crippen molar-refractivity contribution in [2.75, 3.05) is 13.7 Å². The highest BCUT2D eigenvalue weighted by molar-refractivity contribution is 5.34. The van der Waals surface area contributed by atoms with E-state index in [4.69, 9.17) is 18.9 Å². The average Bonchev–Trinajstić information content (AvgIpc) is 2.74. The molecule has 2 fully saturated rings. The van der Waals surface area contributed by atoms with Crippen LogP contribution in [0.3, 0.4) is 0 Å². The molecule has 0 radical (unpaired) electrons. The van der Waals surface area contributed by atoms with Gasteiger partial charge in [0.05, 0.1) is 12.3 Å². The number of azo groups is 1. The van der Waals surface area contributed by atoms with Crippen LogP contribution in [0.4, 0.5) is 5.69 Å². The summed E-state index contributed by atoms with van der Waals surface area (Å²) in [5, 5.41) is 19.3. The second-order valence-electron chi connectivity index (χ2n) is 6.49. The topological polar surface area (TPSA) is 81.9 Å². The summed E-state index contributed by atoms with van der Waals surface area (Å²) in [7, 11) is 1.48. The Labute approximate surface area is 157 Å². The summed E-state index contributed by atoms with van der Waals surface area (Å²) in [4.78, 5) is 0. The van der Waals surface area contributed by atoms with Crippen molar-refractivity contribution in [2.24, 2.45) is 10.2 Å². The fraction of sp³-hybridized carbons (Fsp3) is 0.400. The number of methoxy groups -OCH3 is 1. The minimum atomic E-state index is -1.00. The molecule has 1 unspecified atom stereocenters. The molecule has 0 spiro atoms. The molecule has 0 bridgehead atoms. The molecule has 0 aromatic heterocycles. The zero-order valence-corrected chi connectivity index (χ0v) is 14.9. The third-order valence-corrected chi connectivity index (χ3v) is 4.70. The smallest absolute Gasteiger partial charge is 0.185 e. The van der Waals surface area contributed by atoms with Gasteiger partial charge in [-0.15, -0.1) is 0 Å². The summed E-state index contributed by atoms with van der Waals surface area (Å²) < 4.78 is 23.0. The van der Waals surface area contributed by atoms with Crippen LogP contribution < -0.4 is 0 Å². The number of hydrogen-bond donors (Lipinski definition) is 1. The van der Waals surface area contributed by atoms with Crippen molar-refractivity contribution in [3.05, 3.63) is 66.2 Å². The minimum absolute atomic E-state index is 0.314. The summed E-state index contributed by atoms with van der Waals surface area (Å²) in [6, 6.07) is 18.4. The van der Waals surface area contributed by atoms with Gasteiger partial charge in [-0.3, -0.25) is 0 Å². The van der Waals surface area contributed by atoms with Gasteiger partial charge >= 0.3 is 0 Å². The minimum Gasteiger partial charge on any atom is -0.385 e. The Bertz CT molecular complexity index is 757. The lowest BCUT2D eigenvalue weighted by atomic mass is 9.96. The summed E-state index contributed by atoms with van der Waals surface area (Å²) >= 11 is 0. The molecule has 2 aromatic carbocycles. The zero-order chi connectivity index (χ0) is 18.6. The molecule has 142 valence electrons. The van der Waals surface area contributed by atoms with Crippen LogP contribution in [-0.4, -0.2) is 49.5 Å². The number of ether oxygens (including phenoxy) is 4. The maximum absolute atomic E-state index is 10.7. The third-order valence-electron chi connectivity index (χ3n) is 4.70. The average molecular weight is 370 g/mol. The predicted octanol–water partition coefficient (Wildman–Crippen LogP) is 2.99. The largest absolute Gasteiger partial charge is 0.385 e. The zero-order valence-electron chi connectivity index (χ0n) is 14.9. The Morgan fingerprint density at radius 1 is 1.00 bits per heavy atom. The van der Waals surface area contributed by atoms with E-state index in [9.17, 15) is 5.11 Å². The van der Waals surface area contributed by atoms with E-state index in [-0.39, 0.29) is 0 Å². The fourth-order valence-corrected chi connectivity index (χ4v) is 3.31. The van der Waals surface area contributed by atoms with Crippen molar-refractivity contribution in [3.8, 4) is 0 Å². The van der Waals surface area contributed by atoms with E-state index in [0.717, 1.165) is 5.56 Å². The van der Waals surface area contributed by atoms with Crippen molar-refractivity contribution < 1.29 is 24.1 Å². The van der Waals surface area contributed by atoms with Crippen LogP contribution in [0.15, 0.2) is 70.9 Å². The highest BCUT2D eigenvalue weighted by Crippen LogP contribution is 2.35. The lowest BCUT2D eigenvalue weighted by Crippen LogP contribution is -2.61. The fourth-order valence-electron chi connectivity index (χ4n) is 3.31. The van der Waals surface area contributed by atoms with Crippen molar-refractivity contribution >= 4 is 5.69 Å². The van der Waals surface area contributed by atoms with E-state index in [2.05, 4.69) is 10.2 Å². The lowest BCUT2D eigenvalue weighted by molar-refractivity contribution is -0.338. The van der Waals surface area contributed by atoms with Crippen LogP contribution >= 0.6 is 0 Å². The van der Waals surface area contributed by atoms with Gasteiger partial charge in [0.15, 0.2) is 12.6 Å². The first-order valence-corrected chi connectivity index (χ1v) is 8.90. The Hall–Kier alpha value is -2.16. The number of rotatable bonds is 4. The van der Waals surface area contributed by atoms with Gasteiger partial charge in [0.1, 0.15) is 24.4 Å². The summed E-state index contributed by atoms with van der Waals surface area (Å²) in [6.07, 6.45) is -3.27. The number of nitrogens with zero attached hydrogens (tertiary/aromatic N) is 2. The van der Waals surface area contributed by atoms with Crippen LogP contribution in [0.2, 0.25) is 0 Å². The molecule has 1 N–H and O–H groups in total. The van der Waals surface area contributed by atoms with Crippen molar-refractivity contribution in [1.82, 2.24) is 0 Å². The van der Waals surface area contributed by atoms with Gasteiger partial charge in [0, 0.05) is 12.7 Å². The Kier molecular flexibility index (Phi) is 5.56. The molecule has 7 heteroatoms. The molecule has 2 aliphatic heterocycles. The van der Waals surface area contributed by atoms with Crippen LogP contribution in [0.25, 0.3) is 0 Å². The Morgan fingerprint density at radius 3 is 2.41 bits per heavy atom. The molecule has 2 aliphatic rings. The van der Waals surface area contributed by atoms with Gasteiger partial charge in [-0.1, -0.05) is 48.5 Å². The molecular weight excluding hydrogens is 348 g/mol. The van der Waals surface area contributed by atoms with Crippen LogP contribution in [0.5, 0.6) is 0 Å².